The van der Waals surface area contributed by atoms with Gasteiger partial charge in [-0.15, -0.1) is 0 Å². The van der Waals surface area contributed by atoms with Crippen LogP contribution in [0.4, 0.5) is 22.7 Å². The minimum Gasteiger partial charge on any atom is -0.489 e. The molecule has 3 heterocycles. The zero-order chi connectivity index (χ0) is 27.2. The number of rotatable bonds is 7. The fourth-order valence-corrected chi connectivity index (χ4v) is 7.22. The second kappa shape index (κ2) is 10.2. The second-order valence-corrected chi connectivity index (χ2v) is 13.5. The van der Waals surface area contributed by atoms with Gasteiger partial charge in [0.1, 0.15) is 12.4 Å². The molecule has 0 radical (unpaired) electrons. The molecule has 3 aliphatic heterocycles. The number of aryl methyl sites for hydroxylation is 1. The lowest BCUT2D eigenvalue weighted by Crippen LogP contribution is -2.46. The van der Waals surface area contributed by atoms with Gasteiger partial charge in [-0.05, 0) is 93.2 Å². The van der Waals surface area contributed by atoms with E-state index >= 15 is 0 Å². The number of carbonyl (C=O) groups is 1. The molecule has 2 aromatic carbocycles. The maximum absolute atomic E-state index is 13.7. The second-order valence-electron chi connectivity index (χ2n) is 11.6. The van der Waals surface area contributed by atoms with Gasteiger partial charge in [0, 0.05) is 25.3 Å². The van der Waals surface area contributed by atoms with E-state index in [0.29, 0.717) is 29.3 Å². The molecule has 2 saturated heterocycles. The van der Waals surface area contributed by atoms with Gasteiger partial charge in [0.15, 0.2) is 0 Å². The number of fused-ring (bicyclic) bond motifs is 3. The number of hydrogen-bond donors (Lipinski definition) is 3. The number of nitrogens with zero attached hydrogens (tertiary/aromatic N) is 2. The molecule has 9 nitrogen and oxygen atoms in total. The van der Waals surface area contributed by atoms with Crippen molar-refractivity contribution < 1.29 is 23.1 Å². The standard InChI is InChI=1S/C29H38N4O5S/c1-20-16-22(18-26-27(20)38-19-23-4-2-3-11-33(23)26)30-28(35)24-6-5-21(31-39(36,37)15-14-34)17-25(24)32-12-9-29(7-8-29)10-13-32/h5-6,16-18,23,31,34H,2-4,7-15,19H2,1H3,(H,30,35). The van der Waals surface area contributed by atoms with Crippen LogP contribution in [-0.4, -0.2) is 64.1 Å². The van der Waals surface area contributed by atoms with Crippen LogP contribution in [0, 0.1) is 12.3 Å². The molecule has 39 heavy (non-hydrogen) atoms. The monoisotopic (exact) mass is 554 g/mol. The van der Waals surface area contributed by atoms with Crippen molar-refractivity contribution in [3.63, 3.8) is 0 Å². The highest BCUT2D eigenvalue weighted by molar-refractivity contribution is 7.92. The lowest BCUT2D eigenvalue weighted by molar-refractivity contribution is 0.102. The van der Waals surface area contributed by atoms with E-state index in [1.807, 2.05) is 19.1 Å². The summed E-state index contributed by atoms with van der Waals surface area (Å²) in [6.07, 6.45) is 8.18. The Balaban J connectivity index is 1.28. The van der Waals surface area contributed by atoms with E-state index in [-0.39, 0.29) is 11.7 Å². The van der Waals surface area contributed by atoms with Crippen molar-refractivity contribution >= 4 is 38.7 Å². The summed E-state index contributed by atoms with van der Waals surface area (Å²) in [4.78, 5) is 18.3. The molecule has 3 fully saturated rings. The van der Waals surface area contributed by atoms with E-state index in [2.05, 4.69) is 19.8 Å². The summed E-state index contributed by atoms with van der Waals surface area (Å²) in [5.41, 5.74) is 4.84. The predicted molar refractivity (Wildman–Crippen MR) is 154 cm³/mol. The van der Waals surface area contributed by atoms with Crippen molar-refractivity contribution in [1.82, 2.24) is 0 Å². The van der Waals surface area contributed by atoms with Crippen LogP contribution in [0.1, 0.15) is 60.9 Å². The van der Waals surface area contributed by atoms with Crippen molar-refractivity contribution in [3.05, 3.63) is 41.5 Å². The molecule has 3 N–H and O–H groups in total. The number of amides is 1. The number of nitrogens with one attached hydrogen (secondary N) is 2. The summed E-state index contributed by atoms with van der Waals surface area (Å²) in [7, 11) is -3.68. The first-order chi connectivity index (χ1) is 18.8. The van der Waals surface area contributed by atoms with Crippen LogP contribution >= 0.6 is 0 Å². The maximum atomic E-state index is 13.7. The summed E-state index contributed by atoms with van der Waals surface area (Å²) in [5.74, 6) is 0.289. The summed E-state index contributed by atoms with van der Waals surface area (Å²) < 4.78 is 33.3. The summed E-state index contributed by atoms with van der Waals surface area (Å²) in [6, 6.07) is 9.41. The van der Waals surface area contributed by atoms with E-state index in [9.17, 15) is 13.2 Å². The number of aliphatic hydroxyl groups excluding tert-OH is 1. The zero-order valence-electron chi connectivity index (χ0n) is 22.5. The van der Waals surface area contributed by atoms with Gasteiger partial charge in [-0.3, -0.25) is 9.52 Å². The largest absolute Gasteiger partial charge is 0.489 e. The highest BCUT2D eigenvalue weighted by atomic mass is 32.2. The lowest BCUT2D eigenvalue weighted by atomic mass is 9.93. The van der Waals surface area contributed by atoms with Crippen molar-refractivity contribution in [1.29, 1.82) is 0 Å². The van der Waals surface area contributed by atoms with E-state index in [0.717, 1.165) is 73.7 Å². The van der Waals surface area contributed by atoms with Crippen LogP contribution in [0.2, 0.25) is 0 Å². The molecule has 10 heteroatoms. The molecule has 1 atom stereocenters. The van der Waals surface area contributed by atoms with Gasteiger partial charge in [0.25, 0.3) is 5.91 Å². The quantitative estimate of drug-likeness (QED) is 0.472. The molecule has 0 aromatic heterocycles. The third-order valence-electron chi connectivity index (χ3n) is 8.87. The number of aliphatic hydroxyl groups is 1. The molecule has 210 valence electrons. The summed E-state index contributed by atoms with van der Waals surface area (Å²) in [6.45, 7) is 4.91. The number of hydrogen-bond acceptors (Lipinski definition) is 7. The first kappa shape index (κ1) is 26.3. The van der Waals surface area contributed by atoms with Gasteiger partial charge < -0.3 is 25.0 Å². The molecular formula is C29H38N4O5S. The minimum atomic E-state index is -3.68. The molecular weight excluding hydrogens is 516 g/mol. The molecule has 0 bridgehead atoms. The Labute approximate surface area is 230 Å². The highest BCUT2D eigenvalue weighted by Crippen LogP contribution is 2.54. The van der Waals surface area contributed by atoms with Crippen molar-refractivity contribution in [3.8, 4) is 5.75 Å². The molecule has 1 unspecified atom stereocenters. The number of anilines is 4. The van der Waals surface area contributed by atoms with Gasteiger partial charge >= 0.3 is 0 Å². The van der Waals surface area contributed by atoms with E-state index in [1.165, 1.54) is 19.3 Å². The SMILES string of the molecule is Cc1cc(NC(=O)c2ccc(NS(=O)(=O)CCO)cc2N2CCC3(CC2)CC3)cc2c1OCC1CCCCN21. The lowest BCUT2D eigenvalue weighted by Gasteiger charge is -2.42. The fraction of sp³-hybridized carbons (Fsp3) is 0.552. The van der Waals surface area contributed by atoms with Gasteiger partial charge in [-0.25, -0.2) is 8.42 Å². The Morgan fingerprint density at radius 2 is 1.82 bits per heavy atom. The Morgan fingerprint density at radius 3 is 2.56 bits per heavy atom. The van der Waals surface area contributed by atoms with E-state index in [1.54, 1.807) is 18.2 Å². The minimum absolute atomic E-state index is 0.229. The third kappa shape index (κ3) is 5.41. The molecule has 1 saturated carbocycles. The molecule has 4 aliphatic rings. The molecule has 1 aliphatic carbocycles. The Kier molecular flexibility index (Phi) is 6.87. The fourth-order valence-electron chi connectivity index (χ4n) is 6.40. The first-order valence-corrected chi connectivity index (χ1v) is 15.8. The van der Waals surface area contributed by atoms with Crippen LogP contribution in [0.15, 0.2) is 30.3 Å². The van der Waals surface area contributed by atoms with Crippen LogP contribution in [0.25, 0.3) is 0 Å². The van der Waals surface area contributed by atoms with Gasteiger partial charge in [0.05, 0.1) is 41.0 Å². The molecule has 1 amide bonds. The van der Waals surface area contributed by atoms with Crippen LogP contribution in [-0.2, 0) is 10.0 Å². The van der Waals surface area contributed by atoms with Crippen molar-refractivity contribution in [2.45, 2.75) is 57.9 Å². The number of carbonyl (C=O) groups excluding carboxylic acids is 1. The van der Waals surface area contributed by atoms with Gasteiger partial charge in [-0.1, -0.05) is 0 Å². The number of piperidine rings is 2. The van der Waals surface area contributed by atoms with Crippen LogP contribution < -0.4 is 24.6 Å². The van der Waals surface area contributed by atoms with Crippen molar-refractivity contribution in [2.24, 2.45) is 5.41 Å². The smallest absolute Gasteiger partial charge is 0.257 e. The van der Waals surface area contributed by atoms with Gasteiger partial charge in [0.2, 0.25) is 10.0 Å². The Hall–Kier alpha value is -2.98. The van der Waals surface area contributed by atoms with E-state index < -0.39 is 16.6 Å². The zero-order valence-corrected chi connectivity index (χ0v) is 23.4. The van der Waals surface area contributed by atoms with Crippen LogP contribution in [0.3, 0.4) is 0 Å². The normalized spacial score (nSPS) is 21.5. The Morgan fingerprint density at radius 1 is 1.05 bits per heavy atom. The van der Waals surface area contributed by atoms with Crippen LogP contribution in [0.5, 0.6) is 5.75 Å². The average molecular weight is 555 g/mol. The third-order valence-corrected chi connectivity index (χ3v) is 10.1. The molecule has 1 spiro atoms. The average Bonchev–Trinajstić information content (AvgIpc) is 3.67. The maximum Gasteiger partial charge on any atom is 0.257 e. The summed E-state index contributed by atoms with van der Waals surface area (Å²) >= 11 is 0. The number of ether oxygens (including phenoxy) is 1. The summed E-state index contributed by atoms with van der Waals surface area (Å²) in [5, 5.41) is 12.2. The first-order valence-electron chi connectivity index (χ1n) is 14.1. The molecule has 6 rings (SSSR count). The van der Waals surface area contributed by atoms with E-state index in [4.69, 9.17) is 9.84 Å². The van der Waals surface area contributed by atoms with Gasteiger partial charge in [-0.2, -0.15) is 0 Å². The number of sulfonamides is 1. The highest BCUT2D eigenvalue weighted by Gasteiger charge is 2.44. The predicted octanol–water partition coefficient (Wildman–Crippen LogP) is 4.11. The van der Waals surface area contributed by atoms with Crippen molar-refractivity contribution in [2.75, 3.05) is 58.4 Å². The Bertz CT molecular complexity index is 1360. The number of benzene rings is 2. The molecule has 2 aromatic rings. The topological polar surface area (TPSA) is 111 Å².